The highest BCUT2D eigenvalue weighted by atomic mass is 16.6. The number of carbonyl (C=O) groups excluding carboxylic acids is 5. The maximum atomic E-state index is 13.6. The van der Waals surface area contributed by atoms with Crippen LogP contribution in [-0.4, -0.2) is 63.6 Å². The highest BCUT2D eigenvalue weighted by Gasteiger charge is 2.55. The van der Waals surface area contributed by atoms with Crippen molar-refractivity contribution in [3.8, 4) is 23.0 Å². The summed E-state index contributed by atoms with van der Waals surface area (Å²) in [6, 6.07) is 10.9. The minimum absolute atomic E-state index is 0.00470. The molecule has 6 N–H and O–H groups in total. The van der Waals surface area contributed by atoms with Gasteiger partial charge in [-0.25, -0.2) is 9.59 Å². The number of benzene rings is 3. The number of nitrogens with two attached hydrogens (primary N) is 1. The molecule has 0 bridgehead atoms. The first-order valence-corrected chi connectivity index (χ1v) is 15.5. The van der Waals surface area contributed by atoms with Gasteiger partial charge in [-0.2, -0.15) is 0 Å². The smallest absolute Gasteiger partial charge is 0.341 e. The van der Waals surface area contributed by atoms with Crippen LogP contribution in [0.5, 0.6) is 23.0 Å². The monoisotopic (exact) mass is 658 g/mol. The Balaban J connectivity index is 1.32. The number of aromatic hydroxyl groups is 2. The van der Waals surface area contributed by atoms with Crippen LogP contribution >= 0.6 is 0 Å². The zero-order chi connectivity index (χ0) is 34.6. The van der Waals surface area contributed by atoms with Crippen molar-refractivity contribution in [1.82, 2.24) is 5.32 Å². The molecule has 0 saturated carbocycles. The van der Waals surface area contributed by atoms with Crippen LogP contribution in [-0.2, 0) is 24.7 Å². The maximum absolute atomic E-state index is 13.6. The highest BCUT2D eigenvalue weighted by molar-refractivity contribution is 6.14. The number of rotatable bonds is 15. The van der Waals surface area contributed by atoms with Crippen LogP contribution in [0.1, 0.15) is 99.1 Å². The van der Waals surface area contributed by atoms with Crippen LogP contribution in [0.15, 0.2) is 48.5 Å². The molecule has 3 aromatic carbocycles. The van der Waals surface area contributed by atoms with Crippen molar-refractivity contribution in [3.63, 3.8) is 0 Å². The normalized spacial score (nSPS) is 13.5. The summed E-state index contributed by atoms with van der Waals surface area (Å²) in [7, 11) is 0. The Morgan fingerprint density at radius 2 is 1.25 bits per heavy atom. The van der Waals surface area contributed by atoms with Gasteiger partial charge in [-0.3, -0.25) is 19.2 Å². The quantitative estimate of drug-likeness (QED) is 0.116. The molecule has 0 aliphatic carbocycles. The number of ketones is 3. The van der Waals surface area contributed by atoms with Crippen LogP contribution in [0.25, 0.3) is 0 Å². The summed E-state index contributed by atoms with van der Waals surface area (Å²) in [5, 5.41) is 32.8. The van der Waals surface area contributed by atoms with Crippen LogP contribution in [0, 0.1) is 0 Å². The molecule has 0 atom stereocenters. The van der Waals surface area contributed by atoms with E-state index in [1.807, 2.05) is 0 Å². The minimum Gasteiger partial charge on any atom is -0.508 e. The van der Waals surface area contributed by atoms with Gasteiger partial charge >= 0.3 is 11.9 Å². The molecule has 5 rings (SSSR count). The molecule has 1 amide bonds. The molecule has 250 valence electrons. The predicted molar refractivity (Wildman–Crippen MR) is 168 cm³/mol. The number of carbonyl (C=O) groups is 6. The lowest BCUT2D eigenvalue weighted by molar-refractivity contribution is -0.126. The Bertz CT molecular complexity index is 1780. The van der Waals surface area contributed by atoms with Gasteiger partial charge in [0.05, 0.1) is 16.7 Å². The third-order valence-electron chi connectivity index (χ3n) is 8.34. The predicted octanol–water partition coefficient (Wildman–Crippen LogP) is 3.88. The average Bonchev–Trinajstić information content (AvgIpc) is 3.34. The number of aromatic carboxylic acids is 1. The SMILES string of the molecule is NCCCC(=O)CCC(=O)CCC(=O)CCCNC(=O)c1c(C(=O)O)ccc2c1C(=O)OC21c2ccc(O)cc2Oc2cc(O)ccc21. The summed E-state index contributed by atoms with van der Waals surface area (Å²) in [6.07, 6.45) is 1.31. The molecule has 13 heteroatoms. The zero-order valence-corrected chi connectivity index (χ0v) is 25.9. The Hall–Kier alpha value is -5.56. The van der Waals surface area contributed by atoms with Gasteiger partial charge in [0, 0.05) is 73.9 Å². The van der Waals surface area contributed by atoms with E-state index >= 15 is 0 Å². The summed E-state index contributed by atoms with van der Waals surface area (Å²) in [6.45, 7) is 0.366. The van der Waals surface area contributed by atoms with Crippen molar-refractivity contribution in [1.29, 1.82) is 0 Å². The molecule has 2 aliphatic rings. The number of amides is 1. The van der Waals surface area contributed by atoms with E-state index in [0.29, 0.717) is 30.5 Å². The van der Waals surface area contributed by atoms with Crippen molar-refractivity contribution < 1.29 is 53.6 Å². The van der Waals surface area contributed by atoms with Crippen LogP contribution in [0.3, 0.4) is 0 Å². The minimum atomic E-state index is -1.70. The zero-order valence-electron chi connectivity index (χ0n) is 25.9. The van der Waals surface area contributed by atoms with E-state index in [4.69, 9.17) is 15.2 Å². The first-order valence-electron chi connectivity index (χ1n) is 15.5. The summed E-state index contributed by atoms with van der Waals surface area (Å²) < 4.78 is 11.9. The average molecular weight is 659 g/mol. The number of nitrogens with one attached hydrogen (secondary N) is 1. The molecule has 0 aromatic heterocycles. The van der Waals surface area contributed by atoms with E-state index in [1.165, 1.54) is 48.5 Å². The van der Waals surface area contributed by atoms with Crippen LogP contribution in [0.2, 0.25) is 0 Å². The number of phenolic OH excluding ortho intramolecular Hbond substituents is 2. The first kappa shape index (κ1) is 33.8. The topological polar surface area (TPSA) is 220 Å². The van der Waals surface area contributed by atoms with Crippen molar-refractivity contribution in [2.45, 2.75) is 57.0 Å². The van der Waals surface area contributed by atoms with E-state index in [-0.39, 0.29) is 96.5 Å². The Kier molecular flexibility index (Phi) is 9.89. The second kappa shape index (κ2) is 14.1. The molecular formula is C35H34N2O11. The third-order valence-corrected chi connectivity index (χ3v) is 8.34. The van der Waals surface area contributed by atoms with Crippen molar-refractivity contribution in [3.05, 3.63) is 81.9 Å². The number of carboxylic acid groups (broad SMARTS) is 1. The fraction of sp³-hybridized carbons (Fsp3) is 0.314. The lowest BCUT2D eigenvalue weighted by Gasteiger charge is -2.36. The third kappa shape index (κ3) is 6.63. The molecule has 0 unspecified atom stereocenters. The number of phenols is 2. The van der Waals surface area contributed by atoms with Crippen molar-refractivity contribution in [2.75, 3.05) is 13.1 Å². The summed E-state index contributed by atoms with van der Waals surface area (Å²) in [5.41, 5.74) is 3.29. The number of esters is 1. The number of Topliss-reactive ketones (excluding diaryl/α,β-unsaturated/α-hetero) is 3. The molecule has 2 heterocycles. The summed E-state index contributed by atoms with van der Waals surface area (Å²) >= 11 is 0. The molecule has 13 nitrogen and oxygen atoms in total. The van der Waals surface area contributed by atoms with Gasteiger partial charge in [0.1, 0.15) is 40.3 Å². The van der Waals surface area contributed by atoms with Gasteiger partial charge in [0.25, 0.3) is 5.91 Å². The number of hydrogen-bond donors (Lipinski definition) is 5. The lowest BCUT2D eigenvalue weighted by atomic mass is 9.76. The Labute approximate surface area is 274 Å². The van der Waals surface area contributed by atoms with E-state index in [9.17, 15) is 44.1 Å². The number of ether oxygens (including phenoxy) is 2. The second-order valence-corrected chi connectivity index (χ2v) is 11.6. The van der Waals surface area contributed by atoms with E-state index in [1.54, 1.807) is 0 Å². The molecule has 48 heavy (non-hydrogen) atoms. The molecule has 0 fully saturated rings. The van der Waals surface area contributed by atoms with Crippen LogP contribution < -0.4 is 15.8 Å². The van der Waals surface area contributed by atoms with Crippen molar-refractivity contribution >= 4 is 35.2 Å². The summed E-state index contributed by atoms with van der Waals surface area (Å²) in [5.74, 6) is -3.80. The van der Waals surface area contributed by atoms with Gasteiger partial charge in [-0.15, -0.1) is 0 Å². The van der Waals surface area contributed by atoms with Gasteiger partial charge in [-0.05, 0) is 49.7 Å². The van der Waals surface area contributed by atoms with Gasteiger partial charge < -0.3 is 35.8 Å². The van der Waals surface area contributed by atoms with Crippen LogP contribution in [0.4, 0.5) is 0 Å². The largest absolute Gasteiger partial charge is 0.508 e. The molecule has 1 spiro atoms. The summed E-state index contributed by atoms with van der Waals surface area (Å²) in [4.78, 5) is 75.6. The van der Waals surface area contributed by atoms with E-state index < -0.39 is 34.6 Å². The van der Waals surface area contributed by atoms with Gasteiger partial charge in [-0.1, -0.05) is 6.07 Å². The second-order valence-electron chi connectivity index (χ2n) is 11.6. The molecule has 0 saturated heterocycles. The fourth-order valence-electron chi connectivity index (χ4n) is 6.01. The van der Waals surface area contributed by atoms with E-state index in [2.05, 4.69) is 5.32 Å². The fourth-order valence-corrected chi connectivity index (χ4v) is 6.01. The highest BCUT2D eigenvalue weighted by Crippen LogP contribution is 2.57. The van der Waals surface area contributed by atoms with Gasteiger partial charge in [0.2, 0.25) is 0 Å². The lowest BCUT2D eigenvalue weighted by Crippen LogP contribution is -2.33. The van der Waals surface area contributed by atoms with Gasteiger partial charge in [0.15, 0.2) is 5.60 Å². The first-order chi connectivity index (χ1) is 23.0. The number of fused-ring (bicyclic) bond motifs is 6. The molecule has 2 aliphatic heterocycles. The standard InChI is InChI=1S/C35H34N2O11/c36-15-1-3-19(38)5-7-21(40)8-6-20(39)4-2-16-37-32(43)30-24(33(44)45)11-14-27-31(30)34(46)48-35(27)25-12-9-22(41)17-28(25)47-29-18-23(42)10-13-26(29)35/h9-14,17-18,41-42H,1-8,15-16,36H2,(H,37,43)(H,44,45). The van der Waals surface area contributed by atoms with Crippen molar-refractivity contribution in [2.24, 2.45) is 5.73 Å². The Morgan fingerprint density at radius 3 is 1.79 bits per heavy atom. The number of hydrogen-bond acceptors (Lipinski definition) is 11. The molecule has 3 aromatic rings. The number of carboxylic acids is 1. The molecule has 0 radical (unpaired) electrons. The Morgan fingerprint density at radius 1 is 0.729 bits per heavy atom. The maximum Gasteiger partial charge on any atom is 0.341 e. The molecular weight excluding hydrogens is 624 g/mol. The van der Waals surface area contributed by atoms with E-state index in [0.717, 1.165) is 0 Å².